The van der Waals surface area contributed by atoms with Gasteiger partial charge in [-0.1, -0.05) is 66.7 Å². The molecule has 248 valence electrons. The lowest BCUT2D eigenvalue weighted by Gasteiger charge is -2.46. The standard InChI is InChI=1S/C34H62O7Si2/c1-15-26(20-35)29(36)28(23-39-42(11,12)32(3,4)5)31(41-43(13,14)33(6,7)8)34(9)30(40-34)24(2)21-38-22-25-16-18-27(37-10)19-17-25/h15-19,24,26,28-31,35-36H,1,20-23H2,2-14H3/t24-,26+,28-,29-,30+,31-,34+/m0/s1. The van der Waals surface area contributed by atoms with Crippen LogP contribution in [0.15, 0.2) is 36.9 Å². The monoisotopic (exact) mass is 638 g/mol. The molecule has 7 nitrogen and oxygen atoms in total. The number of aliphatic hydroxyl groups is 2. The van der Waals surface area contributed by atoms with Crippen molar-refractivity contribution in [2.24, 2.45) is 17.8 Å². The van der Waals surface area contributed by atoms with E-state index in [1.54, 1.807) is 13.2 Å². The smallest absolute Gasteiger partial charge is 0.192 e. The molecule has 1 aliphatic heterocycles. The first-order valence-electron chi connectivity index (χ1n) is 15.8. The molecule has 9 heteroatoms. The van der Waals surface area contributed by atoms with Crippen LogP contribution in [0.1, 0.15) is 61.0 Å². The molecule has 0 aromatic heterocycles. The number of hydrogen-bond donors (Lipinski definition) is 2. The number of hydrogen-bond acceptors (Lipinski definition) is 7. The van der Waals surface area contributed by atoms with E-state index >= 15 is 0 Å². The van der Waals surface area contributed by atoms with Crippen molar-refractivity contribution in [2.45, 2.75) is 122 Å². The highest BCUT2D eigenvalue weighted by Crippen LogP contribution is 2.51. The first-order chi connectivity index (χ1) is 19.6. The molecule has 1 aliphatic rings. The molecule has 2 N–H and O–H groups in total. The molecule has 0 saturated carbocycles. The van der Waals surface area contributed by atoms with E-state index in [1.165, 1.54) is 0 Å². The van der Waals surface area contributed by atoms with Crippen LogP contribution in [0.5, 0.6) is 5.75 Å². The van der Waals surface area contributed by atoms with Crippen molar-refractivity contribution in [3.63, 3.8) is 0 Å². The SMILES string of the molecule is C=C[C@H](CO)[C@H](O)[C@H](CO[Si](C)(C)C(C)(C)C)[C@H](O[Si](C)(C)C(C)(C)C)[C@]1(C)O[C@@H]1[C@@H](C)COCc1ccc(OC)cc1. The third kappa shape index (κ3) is 9.48. The van der Waals surface area contributed by atoms with Gasteiger partial charge in [-0.05, 0) is 60.9 Å². The van der Waals surface area contributed by atoms with Crippen molar-refractivity contribution in [2.75, 3.05) is 26.9 Å². The molecule has 2 rings (SSSR count). The summed E-state index contributed by atoms with van der Waals surface area (Å²) in [6.45, 7) is 31.5. The van der Waals surface area contributed by atoms with Crippen molar-refractivity contribution in [3.05, 3.63) is 42.5 Å². The summed E-state index contributed by atoms with van der Waals surface area (Å²) in [6, 6.07) is 7.89. The quantitative estimate of drug-likeness (QED) is 0.106. The third-order valence-electron chi connectivity index (χ3n) is 10.2. The molecule has 0 bridgehead atoms. The van der Waals surface area contributed by atoms with E-state index in [1.807, 2.05) is 24.3 Å². The maximum Gasteiger partial charge on any atom is 0.192 e. The lowest BCUT2D eigenvalue weighted by molar-refractivity contribution is -0.0597. The van der Waals surface area contributed by atoms with Gasteiger partial charge < -0.3 is 33.3 Å². The fourth-order valence-corrected chi connectivity index (χ4v) is 7.41. The summed E-state index contributed by atoms with van der Waals surface area (Å²) in [4.78, 5) is 0. The van der Waals surface area contributed by atoms with E-state index in [9.17, 15) is 10.2 Å². The normalized spacial score (nSPS) is 23.3. The van der Waals surface area contributed by atoms with Gasteiger partial charge in [0.1, 0.15) is 11.4 Å². The van der Waals surface area contributed by atoms with E-state index in [0.717, 1.165) is 11.3 Å². The van der Waals surface area contributed by atoms with Crippen LogP contribution in [0.2, 0.25) is 36.3 Å². The van der Waals surface area contributed by atoms with Crippen molar-refractivity contribution < 1.29 is 33.3 Å². The number of epoxide rings is 1. The zero-order valence-electron chi connectivity index (χ0n) is 29.3. The Morgan fingerprint density at radius 1 is 1.00 bits per heavy atom. The second-order valence-electron chi connectivity index (χ2n) is 15.7. The second-order valence-corrected chi connectivity index (χ2v) is 25.2. The summed E-state index contributed by atoms with van der Waals surface area (Å²) in [6.07, 6.45) is 0.162. The first-order valence-corrected chi connectivity index (χ1v) is 21.6. The molecule has 0 unspecified atom stereocenters. The number of methoxy groups -OCH3 is 1. The minimum Gasteiger partial charge on any atom is -0.497 e. The van der Waals surface area contributed by atoms with Crippen LogP contribution in [0, 0.1) is 17.8 Å². The van der Waals surface area contributed by atoms with Crippen LogP contribution in [0.25, 0.3) is 0 Å². The summed E-state index contributed by atoms with van der Waals surface area (Å²) < 4.78 is 31.9. The topological polar surface area (TPSA) is 89.9 Å². The van der Waals surface area contributed by atoms with E-state index < -0.39 is 46.3 Å². The molecule has 0 radical (unpaired) electrons. The van der Waals surface area contributed by atoms with Gasteiger partial charge in [0.2, 0.25) is 0 Å². The molecule has 0 aliphatic carbocycles. The molecule has 1 fully saturated rings. The van der Waals surface area contributed by atoms with Gasteiger partial charge in [-0.15, -0.1) is 6.58 Å². The Bertz CT molecular complexity index is 1020. The van der Waals surface area contributed by atoms with Gasteiger partial charge in [0, 0.05) is 24.4 Å². The predicted octanol–water partition coefficient (Wildman–Crippen LogP) is 7.19. The van der Waals surface area contributed by atoms with Crippen LogP contribution < -0.4 is 4.74 Å². The summed E-state index contributed by atoms with van der Waals surface area (Å²) in [5, 5.41) is 21.9. The highest BCUT2D eigenvalue weighted by atomic mass is 28.4. The Kier molecular flexibility index (Phi) is 12.9. The van der Waals surface area contributed by atoms with E-state index in [0.29, 0.717) is 19.8 Å². The van der Waals surface area contributed by atoms with Crippen LogP contribution in [0.3, 0.4) is 0 Å². The van der Waals surface area contributed by atoms with Gasteiger partial charge in [-0.3, -0.25) is 0 Å². The van der Waals surface area contributed by atoms with Gasteiger partial charge in [0.05, 0.1) is 45.2 Å². The summed E-state index contributed by atoms with van der Waals surface area (Å²) in [5.41, 5.74) is 0.430. The predicted molar refractivity (Wildman–Crippen MR) is 181 cm³/mol. The van der Waals surface area contributed by atoms with E-state index in [4.69, 9.17) is 23.1 Å². The zero-order valence-corrected chi connectivity index (χ0v) is 31.3. The molecule has 43 heavy (non-hydrogen) atoms. The lowest BCUT2D eigenvalue weighted by Crippen LogP contribution is -2.56. The van der Waals surface area contributed by atoms with Gasteiger partial charge >= 0.3 is 0 Å². The molecule has 7 atom stereocenters. The van der Waals surface area contributed by atoms with E-state index in [2.05, 4.69) is 88.2 Å². The first kappa shape index (κ1) is 38.1. The van der Waals surface area contributed by atoms with Crippen molar-refractivity contribution in [1.29, 1.82) is 0 Å². The average molecular weight is 639 g/mol. The van der Waals surface area contributed by atoms with Gasteiger partial charge in [-0.2, -0.15) is 0 Å². The Hall–Kier alpha value is -1.05. The number of benzene rings is 1. The highest BCUT2D eigenvalue weighted by Gasteiger charge is 2.64. The molecular weight excluding hydrogens is 577 g/mol. The minimum absolute atomic E-state index is 0.00532. The second kappa shape index (κ2) is 14.6. The zero-order chi connectivity index (χ0) is 33.0. The summed E-state index contributed by atoms with van der Waals surface area (Å²) in [7, 11) is -2.82. The Morgan fingerprint density at radius 3 is 2.02 bits per heavy atom. The largest absolute Gasteiger partial charge is 0.497 e. The van der Waals surface area contributed by atoms with Crippen LogP contribution in [-0.4, -0.2) is 77.7 Å². The Labute approximate surface area is 264 Å². The molecular formula is C34H62O7Si2. The molecule has 1 heterocycles. The van der Waals surface area contributed by atoms with Crippen molar-refractivity contribution in [1.82, 2.24) is 0 Å². The summed E-state index contributed by atoms with van der Waals surface area (Å²) >= 11 is 0. The van der Waals surface area contributed by atoms with Crippen molar-refractivity contribution in [3.8, 4) is 5.75 Å². The number of rotatable bonds is 17. The van der Waals surface area contributed by atoms with Crippen molar-refractivity contribution >= 4 is 16.6 Å². The number of ether oxygens (including phenoxy) is 3. The highest BCUT2D eigenvalue weighted by molar-refractivity contribution is 6.74. The Balaban J connectivity index is 2.37. The van der Waals surface area contributed by atoms with Crippen LogP contribution in [-0.2, 0) is 24.9 Å². The van der Waals surface area contributed by atoms with E-state index in [-0.39, 0.29) is 28.7 Å². The average Bonchev–Trinajstić information content (AvgIpc) is 3.60. The van der Waals surface area contributed by atoms with Gasteiger partial charge in [-0.25, -0.2) is 0 Å². The molecule has 1 aromatic carbocycles. The third-order valence-corrected chi connectivity index (χ3v) is 19.2. The lowest BCUT2D eigenvalue weighted by atomic mass is 9.80. The number of aliphatic hydroxyl groups excluding tert-OH is 2. The fourth-order valence-electron chi connectivity index (χ4n) is 4.97. The molecule has 0 amide bonds. The molecule has 1 aromatic rings. The summed E-state index contributed by atoms with van der Waals surface area (Å²) in [5.74, 6) is -0.0208. The minimum atomic E-state index is -2.32. The van der Waals surface area contributed by atoms with Crippen LogP contribution >= 0.6 is 0 Å². The molecule has 0 spiro atoms. The van der Waals surface area contributed by atoms with Crippen LogP contribution in [0.4, 0.5) is 0 Å². The maximum atomic E-state index is 11.8. The van der Waals surface area contributed by atoms with Gasteiger partial charge in [0.15, 0.2) is 16.6 Å². The van der Waals surface area contributed by atoms with Gasteiger partial charge in [0.25, 0.3) is 0 Å². The molecule has 1 saturated heterocycles. The maximum absolute atomic E-state index is 11.8. The fraction of sp³-hybridized carbons (Fsp3) is 0.765. The Morgan fingerprint density at radius 2 is 1.56 bits per heavy atom.